The molecule has 5 rings (SSSR count). The van der Waals surface area contributed by atoms with Gasteiger partial charge >= 0.3 is 6.03 Å². The number of carbonyl (C=O) groups is 3. The Kier molecular flexibility index (Phi) is 8.14. The topological polar surface area (TPSA) is 66.9 Å². The van der Waals surface area contributed by atoms with Crippen LogP contribution in [0, 0.1) is 0 Å². The van der Waals surface area contributed by atoms with Gasteiger partial charge in [-0.3, -0.25) is 9.59 Å². The van der Waals surface area contributed by atoms with E-state index in [2.05, 4.69) is 15.9 Å². The Bertz CT molecular complexity index is 1560. The maximum Gasteiger partial charge on any atom is 0.343 e. The number of para-hydroxylation sites is 2. The van der Waals surface area contributed by atoms with Crippen LogP contribution in [-0.4, -0.2) is 24.5 Å². The van der Waals surface area contributed by atoms with Crippen molar-refractivity contribution in [1.29, 1.82) is 0 Å². The number of anilines is 2. The number of urea groups is 1. The second-order valence-electron chi connectivity index (χ2n) is 8.97. The number of imide groups is 2. The summed E-state index contributed by atoms with van der Waals surface area (Å²) in [5.41, 5.74) is 2.85. The zero-order chi connectivity index (χ0) is 28.2. The Morgan fingerprint density at radius 1 is 0.800 bits per heavy atom. The summed E-state index contributed by atoms with van der Waals surface area (Å²) in [6, 6.07) is 27.6. The van der Waals surface area contributed by atoms with E-state index in [4.69, 9.17) is 16.3 Å². The van der Waals surface area contributed by atoms with Gasteiger partial charge in [0.25, 0.3) is 11.8 Å². The van der Waals surface area contributed by atoms with Crippen LogP contribution in [-0.2, 0) is 16.0 Å². The van der Waals surface area contributed by atoms with E-state index in [1.165, 1.54) is 6.08 Å². The highest BCUT2D eigenvalue weighted by Gasteiger charge is 2.43. The molecule has 1 aliphatic rings. The van der Waals surface area contributed by atoms with Gasteiger partial charge < -0.3 is 4.74 Å². The summed E-state index contributed by atoms with van der Waals surface area (Å²) in [6.07, 6.45) is 1.97. The molecule has 0 atom stereocenters. The maximum atomic E-state index is 13.7. The predicted molar refractivity (Wildman–Crippen MR) is 161 cm³/mol. The summed E-state index contributed by atoms with van der Waals surface area (Å²) < 4.78 is 6.89. The minimum absolute atomic E-state index is 0.177. The van der Waals surface area contributed by atoms with Crippen molar-refractivity contribution >= 4 is 62.8 Å². The molecule has 0 unspecified atom stereocenters. The number of barbiturate groups is 1. The van der Waals surface area contributed by atoms with Gasteiger partial charge in [0.05, 0.1) is 18.0 Å². The van der Waals surface area contributed by atoms with Crippen LogP contribution in [0.15, 0.2) is 107 Å². The Morgan fingerprint density at radius 2 is 1.35 bits per heavy atom. The third kappa shape index (κ3) is 5.43. The van der Waals surface area contributed by atoms with Gasteiger partial charge in [0, 0.05) is 21.5 Å². The lowest BCUT2D eigenvalue weighted by Crippen LogP contribution is -2.57. The largest absolute Gasteiger partial charge is 0.494 e. The maximum absolute atomic E-state index is 13.7. The van der Waals surface area contributed by atoms with Crippen LogP contribution < -0.4 is 14.5 Å². The lowest BCUT2D eigenvalue weighted by molar-refractivity contribution is -0.121. The van der Waals surface area contributed by atoms with Crippen LogP contribution in [0.3, 0.4) is 0 Å². The number of carbonyl (C=O) groups excluding carboxylic acids is 3. The van der Waals surface area contributed by atoms with Gasteiger partial charge in [0.2, 0.25) is 0 Å². The van der Waals surface area contributed by atoms with Crippen LogP contribution in [0.2, 0.25) is 5.02 Å². The molecule has 200 valence electrons. The lowest BCUT2D eigenvalue weighted by atomic mass is 10.00. The van der Waals surface area contributed by atoms with Crippen molar-refractivity contribution in [2.75, 3.05) is 16.4 Å². The van der Waals surface area contributed by atoms with Crippen LogP contribution in [0.25, 0.3) is 6.08 Å². The Balaban J connectivity index is 1.61. The van der Waals surface area contributed by atoms with Crippen molar-refractivity contribution in [3.63, 3.8) is 0 Å². The third-order valence-corrected chi connectivity index (χ3v) is 7.50. The lowest BCUT2D eigenvalue weighted by Gasteiger charge is -2.34. The van der Waals surface area contributed by atoms with E-state index in [9.17, 15) is 14.4 Å². The fourth-order valence-corrected chi connectivity index (χ4v) is 5.22. The second-order valence-corrected chi connectivity index (χ2v) is 10.2. The normalized spacial score (nSPS) is 13.6. The van der Waals surface area contributed by atoms with Crippen molar-refractivity contribution in [3.05, 3.63) is 129 Å². The highest BCUT2D eigenvalue weighted by Crippen LogP contribution is 2.35. The summed E-state index contributed by atoms with van der Waals surface area (Å²) in [7, 11) is 0. The van der Waals surface area contributed by atoms with Gasteiger partial charge in [-0.15, -0.1) is 0 Å². The molecule has 0 radical (unpaired) electrons. The summed E-state index contributed by atoms with van der Waals surface area (Å²) in [6.45, 7) is 2.27. The molecule has 8 heteroatoms. The zero-order valence-corrected chi connectivity index (χ0v) is 23.9. The molecule has 40 heavy (non-hydrogen) atoms. The number of ether oxygens (including phenoxy) is 1. The second kappa shape index (κ2) is 11.9. The smallest absolute Gasteiger partial charge is 0.343 e. The molecule has 0 N–H and O–H groups in total. The van der Waals surface area contributed by atoms with E-state index in [1.54, 1.807) is 72.8 Å². The van der Waals surface area contributed by atoms with E-state index in [-0.39, 0.29) is 5.57 Å². The Hall–Kier alpha value is -4.20. The molecule has 0 aliphatic carbocycles. The molecule has 1 saturated heterocycles. The van der Waals surface area contributed by atoms with E-state index in [1.807, 2.05) is 31.2 Å². The first-order valence-electron chi connectivity index (χ1n) is 12.6. The number of amides is 4. The highest BCUT2D eigenvalue weighted by molar-refractivity contribution is 9.10. The van der Waals surface area contributed by atoms with E-state index >= 15 is 0 Å². The molecule has 1 heterocycles. The third-order valence-electron chi connectivity index (χ3n) is 6.39. The van der Waals surface area contributed by atoms with E-state index in [0.717, 1.165) is 25.4 Å². The minimum Gasteiger partial charge on any atom is -0.494 e. The summed E-state index contributed by atoms with van der Waals surface area (Å²) in [5.74, 6) is -0.899. The first-order chi connectivity index (χ1) is 19.4. The number of halogens is 2. The molecule has 0 bridgehead atoms. The van der Waals surface area contributed by atoms with Gasteiger partial charge in [0.15, 0.2) is 0 Å². The first-order valence-corrected chi connectivity index (χ1v) is 13.8. The molecule has 0 aromatic heterocycles. The van der Waals surface area contributed by atoms with E-state index in [0.29, 0.717) is 40.7 Å². The molecule has 1 fully saturated rings. The van der Waals surface area contributed by atoms with E-state index < -0.39 is 17.8 Å². The number of nitrogens with zero attached hydrogens (tertiary/aromatic N) is 2. The van der Waals surface area contributed by atoms with Crippen LogP contribution >= 0.6 is 27.5 Å². The quantitative estimate of drug-likeness (QED) is 0.158. The summed E-state index contributed by atoms with van der Waals surface area (Å²) in [4.78, 5) is 42.9. The molecule has 4 aromatic rings. The molecule has 6 nitrogen and oxygen atoms in total. The first kappa shape index (κ1) is 27.4. The van der Waals surface area contributed by atoms with Crippen molar-refractivity contribution in [2.24, 2.45) is 0 Å². The fraction of sp³-hybridized carbons (Fsp3) is 0.0938. The Morgan fingerprint density at radius 3 is 1.90 bits per heavy atom. The Labute approximate surface area is 245 Å². The highest BCUT2D eigenvalue weighted by atomic mass is 79.9. The van der Waals surface area contributed by atoms with Crippen LogP contribution in [0.1, 0.15) is 23.6 Å². The van der Waals surface area contributed by atoms with Gasteiger partial charge in [0.1, 0.15) is 11.3 Å². The standard InChI is InChI=1S/C32H24BrClN2O4/c1-2-40-29-19-21(18-28(34)25(29)20-22-11-9-10-16-27(22)33)17-26-30(37)35(23-12-5-3-6-13-23)32(39)36(31(26)38)24-14-7-4-8-15-24/h3-19H,2,20H2,1H3. The van der Waals surface area contributed by atoms with Crippen LogP contribution in [0.5, 0.6) is 5.75 Å². The van der Waals surface area contributed by atoms with Crippen molar-refractivity contribution in [1.82, 2.24) is 0 Å². The number of hydrogen-bond donors (Lipinski definition) is 0. The SMILES string of the molecule is CCOc1cc(C=C2C(=O)N(c3ccccc3)C(=O)N(c3ccccc3)C2=O)cc(Cl)c1Cc1ccccc1Br. The monoisotopic (exact) mass is 614 g/mol. The van der Waals surface area contributed by atoms with Gasteiger partial charge in [-0.25, -0.2) is 14.6 Å². The predicted octanol–water partition coefficient (Wildman–Crippen LogP) is 7.68. The minimum atomic E-state index is -0.749. The molecular weight excluding hydrogens is 592 g/mol. The van der Waals surface area contributed by atoms with Gasteiger partial charge in [-0.2, -0.15) is 0 Å². The van der Waals surface area contributed by atoms with Crippen molar-refractivity contribution in [3.8, 4) is 5.75 Å². The average molecular weight is 616 g/mol. The number of rotatable bonds is 7. The summed E-state index contributed by atoms with van der Waals surface area (Å²) >= 11 is 10.4. The van der Waals surface area contributed by atoms with Crippen LogP contribution in [0.4, 0.5) is 16.2 Å². The summed E-state index contributed by atoms with van der Waals surface area (Å²) in [5, 5.41) is 0.431. The molecule has 1 aliphatic heterocycles. The molecule has 4 aromatic carbocycles. The number of benzene rings is 4. The molecule has 0 spiro atoms. The van der Waals surface area contributed by atoms with Gasteiger partial charge in [-0.05, 0) is 66.6 Å². The number of hydrogen-bond acceptors (Lipinski definition) is 4. The molecule has 4 amide bonds. The molecule has 0 saturated carbocycles. The van der Waals surface area contributed by atoms with Gasteiger partial charge in [-0.1, -0.05) is 82.1 Å². The van der Waals surface area contributed by atoms with Crippen molar-refractivity contribution < 1.29 is 19.1 Å². The molecular formula is C32H24BrClN2O4. The fourth-order valence-electron chi connectivity index (χ4n) is 4.51. The zero-order valence-electron chi connectivity index (χ0n) is 21.5. The van der Waals surface area contributed by atoms with Crippen molar-refractivity contribution in [2.45, 2.75) is 13.3 Å². The average Bonchev–Trinajstić information content (AvgIpc) is 2.95.